The van der Waals surface area contributed by atoms with Crippen molar-refractivity contribution in [1.29, 1.82) is 0 Å². The maximum absolute atomic E-state index is 9.18. The summed E-state index contributed by atoms with van der Waals surface area (Å²) in [4.78, 5) is 0. The second-order valence-corrected chi connectivity index (χ2v) is 4.42. The molecule has 0 aliphatic rings. The molecule has 0 fully saturated rings. The summed E-state index contributed by atoms with van der Waals surface area (Å²) >= 11 is 0. The summed E-state index contributed by atoms with van der Waals surface area (Å²) in [6, 6.07) is -0.116. The lowest BCUT2D eigenvalue weighted by atomic mass is 10.0. The molecule has 3 atom stereocenters. The van der Waals surface area contributed by atoms with Crippen molar-refractivity contribution < 1.29 is 14.6 Å². The predicted molar refractivity (Wildman–Crippen MR) is 60.7 cm³/mol. The van der Waals surface area contributed by atoms with Crippen LogP contribution in [0.5, 0.6) is 0 Å². The highest BCUT2D eigenvalue weighted by Gasteiger charge is 2.20. The molecule has 0 radical (unpaired) electrons. The van der Waals surface area contributed by atoms with Crippen molar-refractivity contribution in [2.45, 2.75) is 45.4 Å². The van der Waals surface area contributed by atoms with E-state index in [-0.39, 0.29) is 24.9 Å². The highest BCUT2D eigenvalue weighted by molar-refractivity contribution is 4.75. The Labute approximate surface area is 92.7 Å². The SMILES string of the molecule is COCC(C)OC(CO)C(N)CC(C)C. The van der Waals surface area contributed by atoms with Crippen molar-refractivity contribution in [3.05, 3.63) is 0 Å². The Kier molecular flexibility index (Phi) is 7.96. The molecule has 15 heavy (non-hydrogen) atoms. The van der Waals surface area contributed by atoms with Crippen molar-refractivity contribution in [3.8, 4) is 0 Å². The van der Waals surface area contributed by atoms with Crippen molar-refractivity contribution in [1.82, 2.24) is 0 Å². The van der Waals surface area contributed by atoms with E-state index >= 15 is 0 Å². The second-order valence-electron chi connectivity index (χ2n) is 4.42. The number of rotatable bonds is 8. The fraction of sp³-hybridized carbons (Fsp3) is 1.00. The van der Waals surface area contributed by atoms with E-state index in [0.29, 0.717) is 12.5 Å². The molecule has 4 heteroatoms. The number of methoxy groups -OCH3 is 1. The van der Waals surface area contributed by atoms with E-state index in [9.17, 15) is 5.11 Å². The molecule has 0 heterocycles. The molecule has 3 unspecified atom stereocenters. The zero-order chi connectivity index (χ0) is 11.8. The first-order chi connectivity index (χ1) is 7.01. The minimum atomic E-state index is -0.294. The van der Waals surface area contributed by atoms with E-state index in [1.807, 2.05) is 6.92 Å². The molecule has 4 nitrogen and oxygen atoms in total. The van der Waals surface area contributed by atoms with Gasteiger partial charge in [0, 0.05) is 13.2 Å². The second kappa shape index (κ2) is 8.05. The van der Waals surface area contributed by atoms with Gasteiger partial charge in [0.15, 0.2) is 0 Å². The van der Waals surface area contributed by atoms with E-state index in [4.69, 9.17) is 15.2 Å². The summed E-state index contributed by atoms with van der Waals surface area (Å²) < 4.78 is 10.6. The van der Waals surface area contributed by atoms with E-state index < -0.39 is 0 Å². The summed E-state index contributed by atoms with van der Waals surface area (Å²) in [7, 11) is 1.63. The van der Waals surface area contributed by atoms with Crippen LogP contribution >= 0.6 is 0 Å². The first kappa shape index (κ1) is 14.8. The fourth-order valence-corrected chi connectivity index (χ4v) is 1.55. The van der Waals surface area contributed by atoms with Crippen molar-refractivity contribution in [2.75, 3.05) is 20.3 Å². The third-order valence-electron chi connectivity index (χ3n) is 2.21. The number of hydrogen-bond donors (Lipinski definition) is 2. The van der Waals surface area contributed by atoms with Gasteiger partial charge in [0.25, 0.3) is 0 Å². The molecule has 0 aliphatic heterocycles. The summed E-state index contributed by atoms with van der Waals surface area (Å²) in [5, 5.41) is 9.18. The number of nitrogens with two attached hydrogens (primary N) is 1. The van der Waals surface area contributed by atoms with Crippen LogP contribution in [0.3, 0.4) is 0 Å². The molecular formula is C11H25NO3. The van der Waals surface area contributed by atoms with Gasteiger partial charge in [0.2, 0.25) is 0 Å². The Bertz CT molecular complexity index is 153. The highest BCUT2D eigenvalue weighted by Crippen LogP contribution is 2.10. The normalized spacial score (nSPS) is 17.8. The van der Waals surface area contributed by atoms with E-state index in [2.05, 4.69) is 13.8 Å². The van der Waals surface area contributed by atoms with Crippen LogP contribution in [0.15, 0.2) is 0 Å². The molecule has 0 aromatic carbocycles. The van der Waals surface area contributed by atoms with Gasteiger partial charge in [-0.3, -0.25) is 0 Å². The molecular weight excluding hydrogens is 194 g/mol. The molecule has 0 rings (SSSR count). The number of aliphatic hydroxyl groups excluding tert-OH is 1. The Morgan fingerprint density at radius 2 is 1.87 bits per heavy atom. The van der Waals surface area contributed by atoms with E-state index in [0.717, 1.165) is 6.42 Å². The summed E-state index contributed by atoms with van der Waals surface area (Å²) in [5.74, 6) is 0.510. The first-order valence-electron chi connectivity index (χ1n) is 5.52. The minimum absolute atomic E-state index is 0.0367. The number of ether oxygens (including phenoxy) is 2. The minimum Gasteiger partial charge on any atom is -0.394 e. The van der Waals surface area contributed by atoms with Crippen LogP contribution in [-0.2, 0) is 9.47 Å². The lowest BCUT2D eigenvalue weighted by molar-refractivity contribution is -0.0703. The maximum Gasteiger partial charge on any atom is 0.0960 e. The quantitative estimate of drug-likeness (QED) is 0.633. The fourth-order valence-electron chi connectivity index (χ4n) is 1.55. The molecule has 0 aromatic heterocycles. The average Bonchev–Trinajstić information content (AvgIpc) is 2.13. The van der Waals surface area contributed by atoms with Crippen molar-refractivity contribution >= 4 is 0 Å². The lowest BCUT2D eigenvalue weighted by Crippen LogP contribution is -2.42. The summed E-state index contributed by atoms with van der Waals surface area (Å²) in [5.41, 5.74) is 5.95. The van der Waals surface area contributed by atoms with Crippen LogP contribution in [0.2, 0.25) is 0 Å². The Hall–Kier alpha value is -0.160. The largest absolute Gasteiger partial charge is 0.394 e. The molecule has 0 amide bonds. The molecule has 0 aliphatic carbocycles. The molecule has 3 N–H and O–H groups in total. The third kappa shape index (κ3) is 6.84. The predicted octanol–water partition coefficient (Wildman–Crippen LogP) is 0.772. The molecule has 0 saturated heterocycles. The maximum atomic E-state index is 9.18. The van der Waals surface area contributed by atoms with Crippen LogP contribution < -0.4 is 5.73 Å². The van der Waals surface area contributed by atoms with E-state index in [1.165, 1.54) is 0 Å². The van der Waals surface area contributed by atoms with Gasteiger partial charge in [-0.2, -0.15) is 0 Å². The van der Waals surface area contributed by atoms with Crippen molar-refractivity contribution in [2.24, 2.45) is 11.7 Å². The molecule has 0 saturated carbocycles. The van der Waals surface area contributed by atoms with Crippen LogP contribution in [0, 0.1) is 5.92 Å². The van der Waals surface area contributed by atoms with Crippen LogP contribution in [0.4, 0.5) is 0 Å². The highest BCUT2D eigenvalue weighted by atomic mass is 16.5. The molecule has 92 valence electrons. The Morgan fingerprint density at radius 1 is 1.27 bits per heavy atom. The molecule has 0 spiro atoms. The zero-order valence-corrected chi connectivity index (χ0v) is 10.3. The summed E-state index contributed by atoms with van der Waals surface area (Å²) in [6.45, 7) is 6.60. The topological polar surface area (TPSA) is 64.7 Å². The third-order valence-corrected chi connectivity index (χ3v) is 2.21. The van der Waals surface area contributed by atoms with Crippen LogP contribution in [0.1, 0.15) is 27.2 Å². The Balaban J connectivity index is 3.99. The Morgan fingerprint density at radius 3 is 2.27 bits per heavy atom. The van der Waals surface area contributed by atoms with Crippen molar-refractivity contribution in [3.63, 3.8) is 0 Å². The van der Waals surface area contributed by atoms with Gasteiger partial charge in [-0.25, -0.2) is 0 Å². The standard InChI is InChI=1S/C11H25NO3/c1-8(2)5-10(12)11(6-13)15-9(3)7-14-4/h8-11,13H,5-7,12H2,1-4H3. The van der Waals surface area contributed by atoms with Gasteiger partial charge in [-0.05, 0) is 19.3 Å². The van der Waals surface area contributed by atoms with Gasteiger partial charge in [-0.15, -0.1) is 0 Å². The number of hydrogen-bond acceptors (Lipinski definition) is 4. The van der Waals surface area contributed by atoms with Crippen LogP contribution in [0.25, 0.3) is 0 Å². The van der Waals surface area contributed by atoms with Gasteiger partial charge in [-0.1, -0.05) is 13.8 Å². The van der Waals surface area contributed by atoms with Gasteiger partial charge >= 0.3 is 0 Å². The lowest BCUT2D eigenvalue weighted by Gasteiger charge is -2.26. The van der Waals surface area contributed by atoms with E-state index in [1.54, 1.807) is 7.11 Å². The molecule has 0 bridgehead atoms. The van der Waals surface area contributed by atoms with Gasteiger partial charge in [0.1, 0.15) is 0 Å². The average molecular weight is 219 g/mol. The van der Waals surface area contributed by atoms with Gasteiger partial charge < -0.3 is 20.3 Å². The molecule has 0 aromatic rings. The summed E-state index contributed by atoms with van der Waals surface area (Å²) in [6.07, 6.45) is 0.521. The number of aliphatic hydroxyl groups is 1. The van der Waals surface area contributed by atoms with Gasteiger partial charge in [0.05, 0.1) is 25.4 Å². The zero-order valence-electron chi connectivity index (χ0n) is 10.3. The smallest absolute Gasteiger partial charge is 0.0960 e. The van der Waals surface area contributed by atoms with Crippen LogP contribution in [-0.4, -0.2) is 43.7 Å². The monoisotopic (exact) mass is 219 g/mol. The first-order valence-corrected chi connectivity index (χ1v) is 5.52.